The molecule has 2 N–H and O–H groups in total. The predicted octanol–water partition coefficient (Wildman–Crippen LogP) is 4.44. The van der Waals surface area contributed by atoms with Gasteiger partial charge < -0.3 is 19.3 Å². The molecule has 0 amide bonds. The summed E-state index contributed by atoms with van der Waals surface area (Å²) >= 11 is 0. The first-order valence-corrected chi connectivity index (χ1v) is 12.1. The highest BCUT2D eigenvalue weighted by Gasteiger charge is 2.57. The lowest BCUT2D eigenvalue weighted by molar-refractivity contribution is -0.221. The molecule has 5 atom stereocenters. The minimum Gasteiger partial charge on any atom is -0.376 e. The minimum atomic E-state index is -1.10. The van der Waals surface area contributed by atoms with Crippen LogP contribution in [0.15, 0.2) is 91.0 Å². The largest absolute Gasteiger partial charge is 0.376 e. The van der Waals surface area contributed by atoms with Crippen molar-refractivity contribution in [3.63, 3.8) is 0 Å². The van der Waals surface area contributed by atoms with E-state index in [-0.39, 0.29) is 18.1 Å². The SMILES string of the molecule is O[C@@]12CC[C@@H](N1)[C@H](COCc1ccccc1)[C@@H](OCc1ccccc1)[C@@H]2OCc1ccccc1. The Morgan fingerprint density at radius 2 is 1.26 bits per heavy atom. The Hall–Kier alpha value is -2.54. The fraction of sp³-hybridized carbons (Fsp3) is 0.379. The van der Waals surface area contributed by atoms with E-state index in [1.807, 2.05) is 66.7 Å². The maximum Gasteiger partial charge on any atom is 0.145 e. The number of aliphatic hydroxyl groups is 1. The third-order valence-corrected chi connectivity index (χ3v) is 6.96. The van der Waals surface area contributed by atoms with Gasteiger partial charge in [0.05, 0.1) is 32.5 Å². The van der Waals surface area contributed by atoms with Gasteiger partial charge in [0.25, 0.3) is 0 Å². The molecule has 5 nitrogen and oxygen atoms in total. The van der Waals surface area contributed by atoms with Crippen molar-refractivity contribution in [1.29, 1.82) is 0 Å². The Kier molecular flexibility index (Phi) is 7.38. The molecule has 2 heterocycles. The number of ether oxygens (including phenoxy) is 3. The molecule has 0 spiro atoms. The highest BCUT2D eigenvalue weighted by Crippen LogP contribution is 2.41. The maximum atomic E-state index is 11.5. The summed E-state index contributed by atoms with van der Waals surface area (Å²) in [7, 11) is 0. The van der Waals surface area contributed by atoms with Crippen LogP contribution in [-0.4, -0.2) is 35.7 Å². The van der Waals surface area contributed by atoms with Gasteiger partial charge in [-0.25, -0.2) is 0 Å². The summed E-state index contributed by atoms with van der Waals surface area (Å²) in [5.74, 6) is 0.0657. The number of nitrogens with one attached hydrogen (secondary N) is 1. The van der Waals surface area contributed by atoms with E-state index >= 15 is 0 Å². The molecule has 0 aliphatic carbocycles. The summed E-state index contributed by atoms with van der Waals surface area (Å²) in [4.78, 5) is 0. The zero-order valence-corrected chi connectivity index (χ0v) is 19.4. The number of piperidine rings is 1. The van der Waals surface area contributed by atoms with Gasteiger partial charge in [0.1, 0.15) is 11.8 Å². The summed E-state index contributed by atoms with van der Waals surface area (Å²) in [6.07, 6.45) is 0.711. The first-order chi connectivity index (χ1) is 16.7. The lowest BCUT2D eigenvalue weighted by Gasteiger charge is -2.46. The Morgan fingerprint density at radius 3 is 1.85 bits per heavy atom. The molecule has 0 radical (unpaired) electrons. The summed E-state index contributed by atoms with van der Waals surface area (Å²) in [6.45, 7) is 1.97. The molecule has 0 aromatic heterocycles. The first kappa shape index (κ1) is 23.2. The standard InChI is InChI=1S/C29H33NO4/c31-29-17-16-26(30-29)25(21-32-18-22-10-4-1-5-11-22)27(33-19-23-12-6-2-7-13-23)28(29)34-20-24-14-8-3-9-15-24/h1-15,25-28,30-31H,16-21H2/t25-,26+,27+,28-,29+/m0/s1. The van der Waals surface area contributed by atoms with Gasteiger partial charge in [0, 0.05) is 12.0 Å². The smallest absolute Gasteiger partial charge is 0.145 e. The van der Waals surface area contributed by atoms with Gasteiger partial charge in [-0.3, -0.25) is 5.32 Å². The fourth-order valence-electron chi connectivity index (χ4n) is 5.18. The van der Waals surface area contributed by atoms with Crippen molar-refractivity contribution in [3.8, 4) is 0 Å². The number of fused-ring (bicyclic) bond motifs is 2. The molecule has 0 unspecified atom stereocenters. The Morgan fingerprint density at radius 1 is 0.735 bits per heavy atom. The summed E-state index contributed by atoms with van der Waals surface area (Å²) in [5.41, 5.74) is 2.22. The van der Waals surface area contributed by atoms with Crippen LogP contribution in [0.2, 0.25) is 0 Å². The second-order valence-corrected chi connectivity index (χ2v) is 9.36. The van der Waals surface area contributed by atoms with Crippen molar-refractivity contribution in [2.24, 2.45) is 5.92 Å². The molecule has 178 valence electrons. The average molecular weight is 460 g/mol. The normalized spacial score (nSPS) is 28.1. The lowest BCUT2D eigenvalue weighted by atomic mass is 9.86. The second kappa shape index (κ2) is 10.8. The van der Waals surface area contributed by atoms with Gasteiger partial charge in [0.2, 0.25) is 0 Å². The first-order valence-electron chi connectivity index (χ1n) is 12.1. The van der Waals surface area contributed by atoms with E-state index in [4.69, 9.17) is 14.2 Å². The summed E-state index contributed by atoms with van der Waals surface area (Å²) in [5, 5.41) is 14.9. The van der Waals surface area contributed by atoms with Crippen molar-refractivity contribution < 1.29 is 19.3 Å². The van der Waals surface area contributed by atoms with E-state index in [0.717, 1.165) is 23.1 Å². The Labute approximate surface area is 201 Å². The molecule has 2 saturated heterocycles. The van der Waals surface area contributed by atoms with Crippen molar-refractivity contribution >= 4 is 0 Å². The molecule has 0 saturated carbocycles. The van der Waals surface area contributed by atoms with Crippen LogP contribution in [-0.2, 0) is 34.0 Å². The number of hydrogen-bond donors (Lipinski definition) is 2. The van der Waals surface area contributed by atoms with Gasteiger partial charge in [-0.05, 0) is 29.5 Å². The Bertz CT molecular complexity index is 1020. The fourth-order valence-corrected chi connectivity index (χ4v) is 5.18. The molecule has 2 aliphatic heterocycles. The van der Waals surface area contributed by atoms with Gasteiger partial charge >= 0.3 is 0 Å². The number of benzene rings is 3. The van der Waals surface area contributed by atoms with Crippen LogP contribution < -0.4 is 5.32 Å². The molecule has 2 bridgehead atoms. The lowest BCUT2D eigenvalue weighted by Crippen LogP contribution is -2.67. The van der Waals surface area contributed by atoms with Gasteiger partial charge in [-0.1, -0.05) is 91.0 Å². The highest BCUT2D eigenvalue weighted by atomic mass is 16.6. The second-order valence-electron chi connectivity index (χ2n) is 9.36. The van der Waals surface area contributed by atoms with Gasteiger partial charge in [0.15, 0.2) is 0 Å². The van der Waals surface area contributed by atoms with Crippen LogP contribution in [0.4, 0.5) is 0 Å². The topological polar surface area (TPSA) is 60.0 Å². The van der Waals surface area contributed by atoms with E-state index in [9.17, 15) is 5.11 Å². The zero-order valence-electron chi connectivity index (χ0n) is 19.4. The Balaban J connectivity index is 1.33. The third kappa shape index (κ3) is 5.40. The highest BCUT2D eigenvalue weighted by molar-refractivity contribution is 5.16. The molecule has 5 heteroatoms. The summed E-state index contributed by atoms with van der Waals surface area (Å²) in [6, 6.07) is 30.6. The van der Waals surface area contributed by atoms with E-state index in [1.165, 1.54) is 0 Å². The molecular weight excluding hydrogens is 426 g/mol. The minimum absolute atomic E-state index is 0.0657. The molecule has 3 aromatic carbocycles. The molecule has 2 fully saturated rings. The van der Waals surface area contributed by atoms with Crippen molar-refractivity contribution in [1.82, 2.24) is 5.32 Å². The summed E-state index contributed by atoms with van der Waals surface area (Å²) < 4.78 is 19.1. The molecular formula is C29H33NO4. The monoisotopic (exact) mass is 459 g/mol. The predicted molar refractivity (Wildman–Crippen MR) is 131 cm³/mol. The average Bonchev–Trinajstić information content (AvgIpc) is 3.24. The van der Waals surface area contributed by atoms with E-state index in [2.05, 4.69) is 29.6 Å². The molecule has 5 rings (SSSR count). The van der Waals surface area contributed by atoms with Crippen molar-refractivity contribution in [2.45, 2.75) is 56.6 Å². The van der Waals surface area contributed by atoms with Gasteiger partial charge in [-0.15, -0.1) is 0 Å². The molecule has 3 aromatic rings. The number of hydrogen-bond acceptors (Lipinski definition) is 5. The number of rotatable bonds is 10. The van der Waals surface area contributed by atoms with Crippen molar-refractivity contribution in [2.75, 3.05) is 6.61 Å². The van der Waals surface area contributed by atoms with Crippen molar-refractivity contribution in [3.05, 3.63) is 108 Å². The quantitative estimate of drug-likeness (QED) is 0.469. The van der Waals surface area contributed by atoms with Crippen LogP contribution in [0.1, 0.15) is 29.5 Å². The van der Waals surface area contributed by atoms with Crippen LogP contribution in [0.3, 0.4) is 0 Å². The molecule has 34 heavy (non-hydrogen) atoms. The van der Waals surface area contributed by atoms with E-state index in [0.29, 0.717) is 32.8 Å². The van der Waals surface area contributed by atoms with Crippen LogP contribution in [0.25, 0.3) is 0 Å². The van der Waals surface area contributed by atoms with E-state index in [1.54, 1.807) is 0 Å². The van der Waals surface area contributed by atoms with Crippen LogP contribution in [0, 0.1) is 5.92 Å². The van der Waals surface area contributed by atoms with Gasteiger partial charge in [-0.2, -0.15) is 0 Å². The van der Waals surface area contributed by atoms with Crippen LogP contribution >= 0.6 is 0 Å². The van der Waals surface area contributed by atoms with Crippen LogP contribution in [0.5, 0.6) is 0 Å². The maximum absolute atomic E-state index is 11.5. The zero-order chi connectivity index (χ0) is 23.2. The van der Waals surface area contributed by atoms with E-state index < -0.39 is 11.8 Å². The molecule has 2 aliphatic rings. The third-order valence-electron chi connectivity index (χ3n) is 6.96.